The van der Waals surface area contributed by atoms with Crippen LogP contribution in [0.1, 0.15) is 64.9 Å². The average molecular weight is 524 g/mol. The lowest BCUT2D eigenvalue weighted by atomic mass is 9.86. The van der Waals surface area contributed by atoms with Gasteiger partial charge in [-0.05, 0) is 82.4 Å². The van der Waals surface area contributed by atoms with E-state index in [2.05, 4.69) is 29.4 Å². The van der Waals surface area contributed by atoms with E-state index in [4.69, 9.17) is 11.6 Å². The van der Waals surface area contributed by atoms with E-state index in [-0.39, 0.29) is 12.1 Å². The van der Waals surface area contributed by atoms with Crippen molar-refractivity contribution in [2.75, 3.05) is 11.9 Å². The normalized spacial score (nSPS) is 18.5. The molecule has 1 heterocycles. The predicted octanol–water partition coefficient (Wildman–Crippen LogP) is 7.19. The Balaban J connectivity index is 1.59. The van der Waals surface area contributed by atoms with Crippen molar-refractivity contribution in [1.82, 2.24) is 9.88 Å². The number of hydrogen-bond acceptors (Lipinski definition) is 5. The zero-order chi connectivity index (χ0) is 24.7. The molecule has 1 aromatic heterocycles. The number of carboxylic acids is 1. The zero-order valence-corrected chi connectivity index (χ0v) is 22.4. The molecule has 1 aliphatic carbocycles. The molecule has 0 unspecified atom stereocenters. The molecular weight excluding hydrogens is 490 g/mol. The molecule has 0 spiro atoms. The number of thiazole rings is 1. The topological polar surface area (TPSA) is 82.5 Å². The van der Waals surface area contributed by atoms with Crippen LogP contribution in [0.15, 0.2) is 34.7 Å². The first-order valence-corrected chi connectivity index (χ1v) is 13.9. The Bertz CT molecular complexity index is 957. The number of amides is 2. The molecule has 0 saturated heterocycles. The fraction of sp³-hybridized carbons (Fsp3) is 0.560. The summed E-state index contributed by atoms with van der Waals surface area (Å²) in [5.74, 6) is -0.171. The molecule has 2 N–H and O–H groups in total. The number of hydrogen-bond donors (Lipinski definition) is 2. The van der Waals surface area contributed by atoms with Crippen molar-refractivity contribution < 1.29 is 14.7 Å². The second-order valence-corrected chi connectivity index (χ2v) is 12.9. The summed E-state index contributed by atoms with van der Waals surface area (Å²) in [6.45, 7) is 6.30. The third-order valence-electron chi connectivity index (χ3n) is 6.28. The fourth-order valence-electron chi connectivity index (χ4n) is 4.09. The number of aromatic nitrogens is 1. The summed E-state index contributed by atoms with van der Waals surface area (Å²) in [7, 11) is 0. The lowest BCUT2D eigenvalue weighted by Crippen LogP contribution is -2.45. The van der Waals surface area contributed by atoms with Crippen LogP contribution in [0.5, 0.6) is 0 Å². The molecule has 34 heavy (non-hydrogen) atoms. The Kier molecular flexibility index (Phi) is 9.68. The first-order chi connectivity index (χ1) is 16.1. The van der Waals surface area contributed by atoms with Crippen LogP contribution < -0.4 is 5.32 Å². The molecule has 0 aliphatic heterocycles. The van der Waals surface area contributed by atoms with Crippen LogP contribution in [0.3, 0.4) is 0 Å². The van der Waals surface area contributed by atoms with Crippen molar-refractivity contribution in [2.45, 2.75) is 80.7 Å². The molecule has 2 aromatic rings. The van der Waals surface area contributed by atoms with Gasteiger partial charge in [-0.3, -0.25) is 10.1 Å². The highest BCUT2D eigenvalue weighted by Gasteiger charge is 2.30. The molecule has 0 radical (unpaired) electrons. The van der Waals surface area contributed by atoms with Gasteiger partial charge in [-0.25, -0.2) is 9.78 Å². The second kappa shape index (κ2) is 12.3. The maximum Gasteiger partial charge on any atom is 0.323 e. The molecule has 9 heteroatoms. The maximum atomic E-state index is 13.3. The minimum atomic E-state index is -0.956. The molecule has 1 aromatic carbocycles. The van der Waals surface area contributed by atoms with Gasteiger partial charge < -0.3 is 10.0 Å². The number of carboxylic acid groups (broad SMARTS) is 1. The number of thioether (sulfide) groups is 1. The number of urea groups is 1. The van der Waals surface area contributed by atoms with Gasteiger partial charge in [0, 0.05) is 17.6 Å². The second-order valence-electron chi connectivity index (χ2n) is 9.52. The first kappa shape index (κ1) is 26.8. The molecule has 3 rings (SSSR count). The van der Waals surface area contributed by atoms with Gasteiger partial charge in [-0.15, -0.1) is 0 Å². The molecule has 1 saturated carbocycles. The summed E-state index contributed by atoms with van der Waals surface area (Å²) in [5, 5.41) is 13.6. The number of anilines is 1. The standard InChI is InChI=1S/C25H34ClN3O3S2/c1-17-7-13-20(14-8-17)29(15-5-4-6-18-9-11-19(26)12-10-18)24(32)28-23-27-16-21(33-23)34-25(2,3)22(30)31/h9-12,16-17,20H,4-8,13-15H2,1-3H3,(H,30,31)(H,27,28,32)/t17-,20-. The van der Waals surface area contributed by atoms with E-state index in [1.54, 1.807) is 20.0 Å². The Labute approximate surface area is 215 Å². The van der Waals surface area contributed by atoms with E-state index in [0.717, 1.165) is 54.2 Å². The number of nitrogens with one attached hydrogen (secondary N) is 1. The predicted molar refractivity (Wildman–Crippen MR) is 141 cm³/mol. The van der Waals surface area contributed by atoms with Gasteiger partial charge in [-0.1, -0.05) is 53.8 Å². The summed E-state index contributed by atoms with van der Waals surface area (Å²) in [4.78, 5) is 31.0. The molecule has 0 bridgehead atoms. The molecule has 1 fully saturated rings. The minimum absolute atomic E-state index is 0.116. The Morgan fingerprint density at radius 3 is 2.53 bits per heavy atom. The highest BCUT2D eigenvalue weighted by molar-refractivity contribution is 8.03. The highest BCUT2D eigenvalue weighted by Crippen LogP contribution is 2.37. The summed E-state index contributed by atoms with van der Waals surface area (Å²) >= 11 is 8.53. The highest BCUT2D eigenvalue weighted by atomic mass is 35.5. The largest absolute Gasteiger partial charge is 0.480 e. The van der Waals surface area contributed by atoms with Gasteiger partial charge in [0.25, 0.3) is 0 Å². The third kappa shape index (κ3) is 7.89. The van der Waals surface area contributed by atoms with Crippen LogP contribution in [-0.2, 0) is 11.2 Å². The smallest absolute Gasteiger partial charge is 0.323 e. The van der Waals surface area contributed by atoms with Gasteiger partial charge in [0.05, 0.1) is 10.4 Å². The summed E-state index contributed by atoms with van der Waals surface area (Å²) in [6.07, 6.45) is 8.85. The number of rotatable bonds is 10. The van der Waals surface area contributed by atoms with Crippen LogP contribution in [0.4, 0.5) is 9.93 Å². The van der Waals surface area contributed by atoms with Crippen LogP contribution >= 0.6 is 34.7 Å². The quantitative estimate of drug-likeness (QED) is 0.254. The van der Waals surface area contributed by atoms with E-state index < -0.39 is 10.7 Å². The van der Waals surface area contributed by atoms with Gasteiger partial charge >= 0.3 is 12.0 Å². The summed E-state index contributed by atoms with van der Waals surface area (Å²) in [5.41, 5.74) is 1.25. The number of halogens is 1. The van der Waals surface area contributed by atoms with E-state index >= 15 is 0 Å². The monoisotopic (exact) mass is 523 g/mol. The molecule has 2 amide bonds. The number of benzene rings is 1. The van der Waals surface area contributed by atoms with Gasteiger partial charge in [-0.2, -0.15) is 0 Å². The summed E-state index contributed by atoms with van der Waals surface area (Å²) in [6, 6.07) is 8.06. The number of unbranched alkanes of at least 4 members (excludes halogenated alkanes) is 1. The van der Waals surface area contributed by atoms with Crippen LogP contribution in [0.25, 0.3) is 0 Å². The summed E-state index contributed by atoms with van der Waals surface area (Å²) < 4.78 is -0.188. The fourth-order valence-corrected chi connectivity index (χ4v) is 6.48. The van der Waals surface area contributed by atoms with E-state index in [9.17, 15) is 14.7 Å². The van der Waals surface area contributed by atoms with Crippen molar-refractivity contribution in [1.29, 1.82) is 0 Å². The average Bonchev–Trinajstić information content (AvgIpc) is 3.21. The Hall–Kier alpha value is -1.77. The lowest BCUT2D eigenvalue weighted by Gasteiger charge is -2.36. The molecule has 6 nitrogen and oxygen atoms in total. The van der Waals surface area contributed by atoms with E-state index in [1.807, 2.05) is 17.0 Å². The zero-order valence-electron chi connectivity index (χ0n) is 20.1. The minimum Gasteiger partial charge on any atom is -0.480 e. The molecular formula is C25H34ClN3O3S2. The van der Waals surface area contributed by atoms with Gasteiger partial charge in [0.15, 0.2) is 5.13 Å². The number of aryl methyl sites for hydroxylation is 1. The molecule has 186 valence electrons. The van der Waals surface area contributed by atoms with Crippen molar-refractivity contribution in [3.8, 4) is 0 Å². The number of aliphatic carboxylic acids is 1. The van der Waals surface area contributed by atoms with Crippen LogP contribution in [0.2, 0.25) is 5.02 Å². The SMILES string of the molecule is CC(C)(Sc1cnc(NC(=O)N(CCCCc2ccc(Cl)cc2)[C@H]2CC[C@H](C)CC2)s1)C(=O)O. The Morgan fingerprint density at radius 1 is 1.21 bits per heavy atom. The third-order valence-corrected chi connectivity index (χ3v) is 8.73. The lowest BCUT2D eigenvalue weighted by molar-refractivity contribution is -0.138. The van der Waals surface area contributed by atoms with Gasteiger partial charge in [0.1, 0.15) is 4.75 Å². The molecule has 1 aliphatic rings. The first-order valence-electron chi connectivity index (χ1n) is 11.8. The maximum absolute atomic E-state index is 13.3. The van der Waals surface area contributed by atoms with Gasteiger partial charge in [0.2, 0.25) is 0 Å². The molecule has 0 atom stereocenters. The van der Waals surface area contributed by atoms with E-state index in [1.165, 1.54) is 28.7 Å². The Morgan fingerprint density at radius 2 is 1.88 bits per heavy atom. The van der Waals surface area contributed by atoms with Crippen molar-refractivity contribution >= 4 is 51.8 Å². The van der Waals surface area contributed by atoms with Crippen LogP contribution in [-0.4, -0.2) is 44.3 Å². The van der Waals surface area contributed by atoms with E-state index in [0.29, 0.717) is 17.6 Å². The number of carbonyl (C=O) groups is 2. The number of carbonyl (C=O) groups excluding carboxylic acids is 1. The van der Waals surface area contributed by atoms with Crippen LogP contribution in [0, 0.1) is 5.92 Å². The van der Waals surface area contributed by atoms with Crippen molar-refractivity contribution in [3.05, 3.63) is 41.0 Å². The van der Waals surface area contributed by atoms with Crippen molar-refractivity contribution in [2.24, 2.45) is 5.92 Å². The number of nitrogens with zero attached hydrogens (tertiary/aromatic N) is 2. The van der Waals surface area contributed by atoms with Crippen molar-refractivity contribution in [3.63, 3.8) is 0 Å².